The van der Waals surface area contributed by atoms with Crippen molar-refractivity contribution in [3.05, 3.63) is 78.6 Å². The van der Waals surface area contributed by atoms with Crippen LogP contribution in [-0.2, 0) is 5.41 Å². The first-order valence-electron chi connectivity index (χ1n) is 7.81. The van der Waals surface area contributed by atoms with Crippen molar-refractivity contribution in [3.8, 4) is 22.6 Å². The number of rotatable bonds is 3. The Morgan fingerprint density at radius 1 is 0.739 bits per heavy atom. The molecule has 1 aromatic heterocycles. The van der Waals surface area contributed by atoms with Gasteiger partial charge in [-0.25, -0.2) is 0 Å². The molecule has 0 bridgehead atoms. The fourth-order valence-corrected chi connectivity index (χ4v) is 2.44. The van der Waals surface area contributed by atoms with Crippen LogP contribution in [0.25, 0.3) is 11.1 Å². The number of ether oxygens (including phenoxy) is 1. The van der Waals surface area contributed by atoms with Gasteiger partial charge in [0.25, 0.3) is 0 Å². The molecule has 0 N–H and O–H groups in total. The zero-order valence-electron chi connectivity index (χ0n) is 13.8. The van der Waals surface area contributed by atoms with Crippen LogP contribution in [-0.4, -0.2) is 4.98 Å². The third kappa shape index (κ3) is 3.78. The molecule has 3 rings (SSSR count). The molecule has 0 radical (unpaired) electrons. The molecule has 0 aliphatic rings. The second-order valence-corrected chi connectivity index (χ2v) is 6.64. The molecule has 2 heteroatoms. The molecule has 0 amide bonds. The van der Waals surface area contributed by atoms with Crippen LogP contribution < -0.4 is 4.74 Å². The molecule has 0 spiro atoms. The van der Waals surface area contributed by atoms with E-state index in [1.54, 1.807) is 12.4 Å². The average Bonchev–Trinajstić information content (AvgIpc) is 2.56. The number of hydrogen-bond acceptors (Lipinski definition) is 2. The summed E-state index contributed by atoms with van der Waals surface area (Å²) < 4.78 is 5.99. The van der Waals surface area contributed by atoms with E-state index in [0.717, 1.165) is 22.6 Å². The Kier molecular flexibility index (Phi) is 4.16. The number of aromatic nitrogens is 1. The third-order valence-corrected chi connectivity index (χ3v) is 3.80. The molecule has 0 aliphatic heterocycles. The lowest BCUT2D eigenvalue weighted by Gasteiger charge is -2.19. The molecule has 0 saturated heterocycles. The first kappa shape index (κ1) is 15.3. The molecule has 1 heterocycles. The van der Waals surface area contributed by atoms with Crippen molar-refractivity contribution in [2.75, 3.05) is 0 Å². The van der Waals surface area contributed by atoms with Crippen LogP contribution in [0, 0.1) is 0 Å². The van der Waals surface area contributed by atoms with Crippen molar-refractivity contribution in [2.45, 2.75) is 26.2 Å². The van der Waals surface area contributed by atoms with Gasteiger partial charge in [0.1, 0.15) is 11.5 Å². The SMILES string of the molecule is CC(C)(C)c1ccc(Oc2cccc(-c3ccncc3)c2)cc1. The van der Waals surface area contributed by atoms with Crippen LogP contribution in [0.15, 0.2) is 73.1 Å². The summed E-state index contributed by atoms with van der Waals surface area (Å²) in [7, 11) is 0. The first-order chi connectivity index (χ1) is 11.0. The summed E-state index contributed by atoms with van der Waals surface area (Å²) in [6.45, 7) is 6.63. The fraction of sp³-hybridized carbons (Fsp3) is 0.190. The van der Waals surface area contributed by atoms with E-state index < -0.39 is 0 Å². The minimum atomic E-state index is 0.153. The topological polar surface area (TPSA) is 22.1 Å². The standard InChI is InChI=1S/C21H21NO/c1-21(2,3)18-7-9-19(10-8-18)23-20-6-4-5-17(15-20)16-11-13-22-14-12-16/h4-15H,1-3H3. The van der Waals surface area contributed by atoms with E-state index in [2.05, 4.69) is 44.0 Å². The van der Waals surface area contributed by atoms with Gasteiger partial charge in [0, 0.05) is 12.4 Å². The highest BCUT2D eigenvalue weighted by Gasteiger charge is 2.13. The van der Waals surface area contributed by atoms with E-state index in [0.29, 0.717) is 0 Å². The zero-order chi connectivity index (χ0) is 16.3. The Morgan fingerprint density at radius 2 is 1.43 bits per heavy atom. The van der Waals surface area contributed by atoms with Crippen LogP contribution in [0.2, 0.25) is 0 Å². The predicted molar refractivity (Wildman–Crippen MR) is 94.9 cm³/mol. The van der Waals surface area contributed by atoms with Gasteiger partial charge in [-0.15, -0.1) is 0 Å². The van der Waals surface area contributed by atoms with Crippen molar-refractivity contribution in [1.29, 1.82) is 0 Å². The van der Waals surface area contributed by atoms with Crippen molar-refractivity contribution in [1.82, 2.24) is 4.98 Å². The summed E-state index contributed by atoms with van der Waals surface area (Å²) in [5.41, 5.74) is 3.71. The van der Waals surface area contributed by atoms with Crippen molar-refractivity contribution < 1.29 is 4.74 Å². The Morgan fingerprint density at radius 3 is 2.09 bits per heavy atom. The van der Waals surface area contributed by atoms with Gasteiger partial charge >= 0.3 is 0 Å². The number of pyridine rings is 1. The molecule has 0 aliphatic carbocycles. The summed E-state index contributed by atoms with van der Waals surface area (Å²) in [6.07, 6.45) is 3.60. The normalized spacial score (nSPS) is 11.3. The van der Waals surface area contributed by atoms with Gasteiger partial charge in [0.05, 0.1) is 0 Å². The van der Waals surface area contributed by atoms with E-state index in [1.165, 1.54) is 5.56 Å². The van der Waals surface area contributed by atoms with Gasteiger partial charge in [-0.1, -0.05) is 45.0 Å². The maximum Gasteiger partial charge on any atom is 0.128 e. The Hall–Kier alpha value is -2.61. The van der Waals surface area contributed by atoms with Crippen molar-refractivity contribution >= 4 is 0 Å². The van der Waals surface area contributed by atoms with Crippen molar-refractivity contribution in [2.24, 2.45) is 0 Å². The van der Waals surface area contributed by atoms with Gasteiger partial charge in [-0.3, -0.25) is 4.98 Å². The lowest BCUT2D eigenvalue weighted by Crippen LogP contribution is -2.10. The van der Waals surface area contributed by atoms with Gasteiger partial charge in [0.2, 0.25) is 0 Å². The lowest BCUT2D eigenvalue weighted by molar-refractivity contribution is 0.481. The third-order valence-electron chi connectivity index (χ3n) is 3.80. The Balaban J connectivity index is 1.81. The minimum absolute atomic E-state index is 0.153. The average molecular weight is 303 g/mol. The summed E-state index contributed by atoms with van der Waals surface area (Å²) in [6, 6.07) is 20.4. The number of benzene rings is 2. The highest BCUT2D eigenvalue weighted by molar-refractivity contribution is 5.64. The predicted octanol–water partition coefficient (Wildman–Crippen LogP) is 5.84. The monoisotopic (exact) mass is 303 g/mol. The van der Waals surface area contributed by atoms with E-state index in [-0.39, 0.29) is 5.41 Å². The van der Waals surface area contributed by atoms with Crippen LogP contribution in [0.4, 0.5) is 0 Å². The lowest BCUT2D eigenvalue weighted by atomic mass is 9.87. The molecule has 0 atom stereocenters. The highest BCUT2D eigenvalue weighted by atomic mass is 16.5. The van der Waals surface area contributed by atoms with Crippen LogP contribution in [0.5, 0.6) is 11.5 Å². The van der Waals surface area contributed by atoms with E-state index in [4.69, 9.17) is 4.74 Å². The van der Waals surface area contributed by atoms with Crippen LogP contribution in [0.1, 0.15) is 26.3 Å². The summed E-state index contributed by atoms with van der Waals surface area (Å²) >= 11 is 0. The maximum atomic E-state index is 5.99. The largest absolute Gasteiger partial charge is 0.457 e. The van der Waals surface area contributed by atoms with E-state index >= 15 is 0 Å². The molecular weight excluding hydrogens is 282 g/mol. The van der Waals surface area contributed by atoms with Gasteiger partial charge in [0.15, 0.2) is 0 Å². The molecule has 116 valence electrons. The summed E-state index contributed by atoms with van der Waals surface area (Å²) in [4.78, 5) is 4.06. The molecule has 0 saturated carbocycles. The Labute approximate surface area is 137 Å². The molecule has 23 heavy (non-hydrogen) atoms. The van der Waals surface area contributed by atoms with E-state index in [9.17, 15) is 0 Å². The number of hydrogen-bond donors (Lipinski definition) is 0. The smallest absolute Gasteiger partial charge is 0.128 e. The second kappa shape index (κ2) is 6.25. The molecule has 2 aromatic carbocycles. The van der Waals surface area contributed by atoms with Crippen LogP contribution >= 0.6 is 0 Å². The van der Waals surface area contributed by atoms with Gasteiger partial charge in [-0.2, -0.15) is 0 Å². The van der Waals surface area contributed by atoms with E-state index in [1.807, 2.05) is 42.5 Å². The second-order valence-electron chi connectivity index (χ2n) is 6.64. The Bertz CT molecular complexity index is 771. The minimum Gasteiger partial charge on any atom is -0.457 e. The number of nitrogens with zero attached hydrogens (tertiary/aromatic N) is 1. The molecular formula is C21H21NO. The highest BCUT2D eigenvalue weighted by Crippen LogP contribution is 2.29. The molecule has 2 nitrogen and oxygen atoms in total. The first-order valence-corrected chi connectivity index (χ1v) is 7.81. The quantitative estimate of drug-likeness (QED) is 0.606. The molecule has 0 unspecified atom stereocenters. The fourth-order valence-electron chi connectivity index (χ4n) is 2.44. The van der Waals surface area contributed by atoms with Gasteiger partial charge in [-0.05, 0) is 58.5 Å². The summed E-state index contributed by atoms with van der Waals surface area (Å²) in [5.74, 6) is 1.69. The zero-order valence-corrected chi connectivity index (χ0v) is 13.8. The molecule has 3 aromatic rings. The van der Waals surface area contributed by atoms with Crippen molar-refractivity contribution in [3.63, 3.8) is 0 Å². The van der Waals surface area contributed by atoms with Gasteiger partial charge < -0.3 is 4.74 Å². The van der Waals surface area contributed by atoms with Crippen LogP contribution in [0.3, 0.4) is 0 Å². The maximum absolute atomic E-state index is 5.99. The summed E-state index contributed by atoms with van der Waals surface area (Å²) in [5, 5.41) is 0. The molecule has 0 fully saturated rings.